The topological polar surface area (TPSA) is 170 Å². The molecule has 278 valence electrons. The molecule has 2 amide bonds. The number of carbonyl (C=O) groups is 2. The molecule has 0 radical (unpaired) electrons. The lowest BCUT2D eigenvalue weighted by atomic mass is 9.85. The number of furan rings is 2. The molecule has 14 nitrogen and oxygen atoms in total. The van der Waals surface area contributed by atoms with Crippen LogP contribution in [0.3, 0.4) is 0 Å². The zero-order valence-corrected chi connectivity index (χ0v) is 32.2. The molecule has 0 aliphatic carbocycles. The molecule has 0 saturated carbocycles. The Morgan fingerprint density at radius 3 is 1.41 bits per heavy atom. The van der Waals surface area contributed by atoms with Crippen LogP contribution in [0.1, 0.15) is 88.5 Å². The largest absolute Gasteiger partial charge is 0.456 e. The summed E-state index contributed by atoms with van der Waals surface area (Å²) in [6, 6.07) is 10.7. The van der Waals surface area contributed by atoms with Crippen molar-refractivity contribution in [3.8, 4) is 0 Å². The molecule has 0 saturated heterocycles. The van der Waals surface area contributed by atoms with Crippen molar-refractivity contribution in [1.29, 1.82) is 0 Å². The summed E-state index contributed by atoms with van der Waals surface area (Å²) in [5, 5.41) is 10.9. The van der Waals surface area contributed by atoms with E-state index in [0.717, 1.165) is 72.4 Å². The Labute approximate surface area is 312 Å². The summed E-state index contributed by atoms with van der Waals surface area (Å²) in [4.78, 5) is 35.4. The van der Waals surface area contributed by atoms with Gasteiger partial charge in [0, 0.05) is 37.7 Å². The van der Waals surface area contributed by atoms with E-state index in [9.17, 15) is 9.59 Å². The number of anilines is 2. The van der Waals surface area contributed by atoms with Crippen LogP contribution in [-0.2, 0) is 26.9 Å². The fourth-order valence-corrected chi connectivity index (χ4v) is 7.36. The summed E-state index contributed by atoms with van der Waals surface area (Å²) in [7, 11) is 3.68. The predicted molar refractivity (Wildman–Crippen MR) is 207 cm³/mol. The first-order valence-corrected chi connectivity index (χ1v) is 17.7. The van der Waals surface area contributed by atoms with Gasteiger partial charge in [-0.15, -0.1) is 0 Å². The predicted octanol–water partition coefficient (Wildman–Crippen LogP) is 6.60. The van der Waals surface area contributed by atoms with E-state index in [4.69, 9.17) is 8.83 Å². The molecule has 1 aromatic carbocycles. The molecular weight excluding hydrogens is 685 g/mol. The molecule has 54 heavy (non-hydrogen) atoms. The molecule has 6 heterocycles. The number of nitrogens with one attached hydrogen (secondary N) is 4. The highest BCUT2D eigenvalue weighted by Gasteiger charge is 2.21. The molecule has 0 atom stereocenters. The van der Waals surface area contributed by atoms with Crippen LogP contribution >= 0.6 is 0 Å². The van der Waals surface area contributed by atoms with E-state index in [1.165, 1.54) is 5.56 Å². The average molecular weight is 729 g/mol. The van der Waals surface area contributed by atoms with Crippen molar-refractivity contribution in [2.45, 2.75) is 68.2 Å². The number of aryl methyl sites for hydroxylation is 6. The normalized spacial score (nSPS) is 11.4. The van der Waals surface area contributed by atoms with Gasteiger partial charge in [0.25, 0.3) is 0 Å². The van der Waals surface area contributed by atoms with E-state index >= 15 is 0 Å². The van der Waals surface area contributed by atoms with Crippen molar-refractivity contribution in [3.05, 3.63) is 115 Å². The van der Waals surface area contributed by atoms with Gasteiger partial charge in [0.1, 0.15) is 23.2 Å². The van der Waals surface area contributed by atoms with Crippen molar-refractivity contribution in [1.82, 2.24) is 40.4 Å². The number of amides is 2. The van der Waals surface area contributed by atoms with Crippen LogP contribution in [0.5, 0.6) is 0 Å². The quantitative estimate of drug-likeness (QED) is 0.113. The van der Waals surface area contributed by atoms with Crippen molar-refractivity contribution >= 4 is 45.5 Å². The second kappa shape index (κ2) is 13.8. The minimum Gasteiger partial charge on any atom is -0.456 e. The molecule has 6 aromatic heterocycles. The number of nitrogens with zero attached hydrogens (tertiary/aromatic N) is 6. The Morgan fingerprint density at radius 2 is 1.00 bits per heavy atom. The third-order valence-corrected chi connectivity index (χ3v) is 10.3. The number of hydrazine groups is 2. The summed E-state index contributed by atoms with van der Waals surface area (Å²) in [5.41, 5.74) is 23.3. The van der Waals surface area contributed by atoms with Gasteiger partial charge < -0.3 is 8.83 Å². The van der Waals surface area contributed by atoms with Gasteiger partial charge in [-0.3, -0.25) is 40.7 Å². The van der Waals surface area contributed by atoms with E-state index in [0.29, 0.717) is 36.0 Å². The third kappa shape index (κ3) is 6.55. The van der Waals surface area contributed by atoms with Gasteiger partial charge >= 0.3 is 11.8 Å². The molecule has 0 bridgehead atoms. The van der Waals surface area contributed by atoms with Gasteiger partial charge in [0.2, 0.25) is 0 Å². The molecule has 14 heteroatoms. The van der Waals surface area contributed by atoms with Gasteiger partial charge in [-0.1, -0.05) is 0 Å². The maximum Gasteiger partial charge on any atom is 0.305 e. The molecule has 4 N–H and O–H groups in total. The van der Waals surface area contributed by atoms with Gasteiger partial charge in [0.15, 0.2) is 22.8 Å². The van der Waals surface area contributed by atoms with E-state index in [1.54, 1.807) is 21.5 Å². The highest BCUT2D eigenvalue weighted by atomic mass is 16.4. The molecule has 0 unspecified atom stereocenters. The molecule has 7 rings (SSSR count). The lowest BCUT2D eigenvalue weighted by Gasteiger charge is -2.20. The second-order valence-electron chi connectivity index (χ2n) is 14.0. The van der Waals surface area contributed by atoms with E-state index < -0.39 is 11.8 Å². The standard InChI is InChI=1S/C40H44N10O4/c1-19-15-33(41-37-35(19)25(7)47-49(37)9)43-45-39(51)31-13-11-27(53-31)17-29-22(4)21(3)23(5)30(24(29)6)18-28-12-14-32(54-28)40(52)46-44-34-16-20(2)36-26(8)48-50(10)38(36)42-34/h11-16H,17-18H2,1-10H3,(H,41,43)(H,42,44)(H,45,51)(H,46,52). The number of hydrogen-bond donors (Lipinski definition) is 4. The number of rotatable bonds is 10. The lowest BCUT2D eigenvalue weighted by molar-refractivity contribution is 0.0926. The Bertz CT molecular complexity index is 2450. The van der Waals surface area contributed by atoms with Crippen LogP contribution in [0.2, 0.25) is 0 Å². The van der Waals surface area contributed by atoms with Crippen molar-refractivity contribution in [2.75, 3.05) is 10.9 Å². The van der Waals surface area contributed by atoms with Crippen LogP contribution in [0.15, 0.2) is 45.2 Å². The van der Waals surface area contributed by atoms with Crippen LogP contribution in [0.25, 0.3) is 22.1 Å². The Morgan fingerprint density at radius 1 is 0.593 bits per heavy atom. The number of hydrogen-bond acceptors (Lipinski definition) is 10. The van der Waals surface area contributed by atoms with Crippen LogP contribution < -0.4 is 21.7 Å². The van der Waals surface area contributed by atoms with Crippen molar-refractivity contribution in [2.24, 2.45) is 14.1 Å². The molecule has 7 aromatic rings. The average Bonchev–Trinajstić information content (AvgIpc) is 3.92. The first-order chi connectivity index (χ1) is 25.7. The zero-order chi connectivity index (χ0) is 38.6. The Hall–Kier alpha value is -6.44. The number of fused-ring (bicyclic) bond motifs is 2. The molecule has 0 aliphatic heterocycles. The van der Waals surface area contributed by atoms with E-state index in [-0.39, 0.29) is 11.5 Å². The van der Waals surface area contributed by atoms with E-state index in [2.05, 4.69) is 69.6 Å². The Kier molecular flexibility index (Phi) is 9.21. The summed E-state index contributed by atoms with van der Waals surface area (Å²) in [6.07, 6.45) is 0.998. The fourth-order valence-electron chi connectivity index (χ4n) is 7.36. The van der Waals surface area contributed by atoms with Crippen molar-refractivity contribution < 1.29 is 18.4 Å². The number of benzene rings is 1. The van der Waals surface area contributed by atoms with Crippen LogP contribution in [0, 0.1) is 55.4 Å². The molecular formula is C40H44N10O4. The second-order valence-corrected chi connectivity index (χ2v) is 14.0. The molecule has 0 aliphatic rings. The van der Waals surface area contributed by atoms with Gasteiger partial charge in [-0.2, -0.15) is 10.2 Å². The van der Waals surface area contributed by atoms with Crippen molar-refractivity contribution in [3.63, 3.8) is 0 Å². The minimum atomic E-state index is -0.417. The third-order valence-electron chi connectivity index (χ3n) is 10.3. The van der Waals surface area contributed by atoms with Gasteiger partial charge in [-0.25, -0.2) is 9.97 Å². The smallest absolute Gasteiger partial charge is 0.305 e. The first-order valence-electron chi connectivity index (χ1n) is 17.7. The SMILES string of the molecule is Cc1c(C)c(Cc2ccc(C(=O)NNc3cc(C)c4c(C)nn(C)c4n3)o2)c(C)c(Cc2ccc(C(=O)NNc3cc(C)c4c(C)nn(C)c4n3)o2)c1C. The van der Waals surface area contributed by atoms with E-state index in [1.807, 2.05) is 66.1 Å². The maximum atomic E-state index is 13.1. The number of aromatic nitrogens is 6. The first kappa shape index (κ1) is 35.9. The summed E-state index contributed by atoms with van der Waals surface area (Å²) < 4.78 is 15.5. The summed E-state index contributed by atoms with van der Waals surface area (Å²) >= 11 is 0. The number of carbonyl (C=O) groups excluding carboxylic acids is 2. The monoisotopic (exact) mass is 728 g/mol. The minimum absolute atomic E-state index is 0.181. The van der Waals surface area contributed by atoms with Crippen LogP contribution in [0.4, 0.5) is 11.6 Å². The van der Waals surface area contributed by atoms with Crippen LogP contribution in [-0.4, -0.2) is 41.3 Å². The highest BCUT2D eigenvalue weighted by Crippen LogP contribution is 2.31. The van der Waals surface area contributed by atoms with Gasteiger partial charge in [-0.05, 0) is 136 Å². The highest BCUT2D eigenvalue weighted by molar-refractivity contribution is 5.93. The number of pyridine rings is 2. The maximum absolute atomic E-state index is 13.1. The Balaban J connectivity index is 1.02. The molecule has 0 fully saturated rings. The lowest BCUT2D eigenvalue weighted by Crippen LogP contribution is -2.29. The zero-order valence-electron chi connectivity index (χ0n) is 32.2. The fraction of sp³-hybridized carbons (Fsp3) is 0.300. The van der Waals surface area contributed by atoms with Gasteiger partial charge in [0.05, 0.1) is 11.4 Å². The molecule has 0 spiro atoms. The summed E-state index contributed by atoms with van der Waals surface area (Å²) in [6.45, 7) is 16.3. The summed E-state index contributed by atoms with van der Waals surface area (Å²) in [5.74, 6) is 1.85.